The fraction of sp³-hybridized carbons (Fsp3) is 0.667. The second-order valence-corrected chi connectivity index (χ2v) is 10.9. The van der Waals surface area contributed by atoms with Gasteiger partial charge in [-0.25, -0.2) is 13.1 Å². The van der Waals surface area contributed by atoms with Crippen molar-refractivity contribution in [2.75, 3.05) is 32.8 Å². The van der Waals surface area contributed by atoms with Crippen molar-refractivity contribution < 1.29 is 22.7 Å². The number of benzene rings is 1. The number of hydrogen-bond acceptors (Lipinski definition) is 7. The molecule has 0 aliphatic carbocycles. The quantitative estimate of drug-likeness (QED) is 0.677. The van der Waals surface area contributed by atoms with Crippen LogP contribution in [-0.2, 0) is 24.3 Å². The third-order valence-corrected chi connectivity index (χ3v) is 8.58. The lowest BCUT2D eigenvalue weighted by atomic mass is 10.0. The van der Waals surface area contributed by atoms with Gasteiger partial charge in [0.2, 0.25) is 15.9 Å². The van der Waals surface area contributed by atoms with Crippen LogP contribution in [0.3, 0.4) is 0 Å². The molecule has 3 saturated heterocycles. The first-order valence-electron chi connectivity index (χ1n) is 11.2. The molecule has 174 valence electrons. The number of carbonyl (C=O) groups excluding carboxylic acids is 1. The van der Waals surface area contributed by atoms with Crippen LogP contribution in [-0.4, -0.2) is 83.2 Å². The molecule has 4 heterocycles. The first-order valence-corrected chi connectivity index (χ1v) is 12.7. The van der Waals surface area contributed by atoms with Crippen molar-refractivity contribution in [2.24, 2.45) is 0 Å². The van der Waals surface area contributed by atoms with Gasteiger partial charge in [0, 0.05) is 38.5 Å². The number of sulfonamides is 1. The molecule has 0 unspecified atom stereocenters. The molecule has 2 aromatic rings. The number of aromatic nitrogens is 3. The minimum Gasteiger partial charge on any atom is -0.347 e. The molecular weight excluding hydrogens is 434 g/mol. The fourth-order valence-electron chi connectivity index (χ4n) is 4.94. The van der Waals surface area contributed by atoms with Gasteiger partial charge in [-0.05, 0) is 44.9 Å². The maximum absolute atomic E-state index is 13.5. The Labute approximate surface area is 187 Å². The third kappa shape index (κ3) is 3.60. The van der Waals surface area contributed by atoms with E-state index in [1.54, 1.807) is 27.8 Å². The van der Waals surface area contributed by atoms with Crippen molar-refractivity contribution in [3.05, 3.63) is 18.2 Å². The zero-order chi connectivity index (χ0) is 22.5. The number of rotatable bonds is 4. The van der Waals surface area contributed by atoms with Crippen LogP contribution in [0.4, 0.5) is 0 Å². The van der Waals surface area contributed by atoms with E-state index in [1.807, 2.05) is 13.8 Å². The predicted molar refractivity (Wildman–Crippen MR) is 115 cm³/mol. The molecule has 1 spiro atoms. The maximum atomic E-state index is 13.5. The maximum Gasteiger partial charge on any atom is 0.243 e. The van der Waals surface area contributed by atoms with Crippen molar-refractivity contribution >= 4 is 27.0 Å². The Morgan fingerprint density at radius 1 is 1.16 bits per heavy atom. The Hall–Kier alpha value is -2.08. The van der Waals surface area contributed by atoms with Crippen molar-refractivity contribution in [1.29, 1.82) is 0 Å². The van der Waals surface area contributed by atoms with E-state index in [2.05, 4.69) is 10.3 Å². The summed E-state index contributed by atoms with van der Waals surface area (Å²) in [6.07, 6.45) is 2.41. The van der Waals surface area contributed by atoms with Gasteiger partial charge < -0.3 is 14.4 Å². The molecule has 0 saturated carbocycles. The molecule has 0 bridgehead atoms. The molecular formula is C21H29N5O5S. The highest BCUT2D eigenvalue weighted by Crippen LogP contribution is 2.34. The van der Waals surface area contributed by atoms with Crippen molar-refractivity contribution in [3.63, 3.8) is 0 Å². The number of carbonyl (C=O) groups is 1. The highest BCUT2D eigenvalue weighted by atomic mass is 32.2. The van der Waals surface area contributed by atoms with Crippen molar-refractivity contribution in [1.82, 2.24) is 24.2 Å². The normalized spacial score (nSPS) is 24.2. The standard InChI is InChI=1S/C21H29N5O5S/c1-15(2)26-18-6-5-16(14-17(18)22-23-26)32(28,29)25-9-3-4-19(25)20(27)24-10-7-21(8-11-24)30-12-13-31-21/h5-6,14-15,19H,3-4,7-13H2,1-2H3/t19-/m1/s1. The van der Waals surface area contributed by atoms with Gasteiger partial charge in [-0.2, -0.15) is 4.31 Å². The molecule has 1 aromatic heterocycles. The van der Waals surface area contributed by atoms with Gasteiger partial charge in [-0.15, -0.1) is 5.10 Å². The van der Waals surface area contributed by atoms with Crippen molar-refractivity contribution in [3.8, 4) is 0 Å². The Morgan fingerprint density at radius 2 is 1.88 bits per heavy atom. The van der Waals surface area contributed by atoms with Crippen LogP contribution in [0.15, 0.2) is 23.1 Å². The second-order valence-electron chi connectivity index (χ2n) is 8.98. The number of nitrogens with zero attached hydrogens (tertiary/aromatic N) is 5. The molecule has 3 fully saturated rings. The molecule has 1 aromatic carbocycles. The third-order valence-electron chi connectivity index (χ3n) is 6.68. The van der Waals surface area contributed by atoms with Gasteiger partial charge in [0.25, 0.3) is 0 Å². The number of piperidine rings is 1. The van der Waals surface area contributed by atoms with Crippen LogP contribution in [0.1, 0.15) is 45.6 Å². The van der Waals surface area contributed by atoms with E-state index in [-0.39, 0.29) is 16.8 Å². The predicted octanol–water partition coefficient (Wildman–Crippen LogP) is 1.53. The highest BCUT2D eigenvalue weighted by molar-refractivity contribution is 7.89. The smallest absolute Gasteiger partial charge is 0.243 e. The SMILES string of the molecule is CC(C)n1nnc2cc(S(=O)(=O)N3CCC[C@@H]3C(=O)N3CCC4(CC3)OCCO4)ccc21. The summed E-state index contributed by atoms with van der Waals surface area (Å²) >= 11 is 0. The minimum absolute atomic E-state index is 0.117. The first-order chi connectivity index (χ1) is 15.3. The lowest BCUT2D eigenvalue weighted by Crippen LogP contribution is -2.53. The van der Waals surface area contributed by atoms with E-state index in [0.717, 1.165) is 5.52 Å². The Kier molecular flexibility index (Phi) is 5.47. The van der Waals surface area contributed by atoms with Crippen LogP contribution >= 0.6 is 0 Å². The van der Waals surface area contributed by atoms with Crippen molar-refractivity contribution in [2.45, 2.75) is 62.3 Å². The van der Waals surface area contributed by atoms with Crippen LogP contribution < -0.4 is 0 Å². The molecule has 10 nitrogen and oxygen atoms in total. The molecule has 5 rings (SSSR count). The Bertz CT molecular complexity index is 1110. The first kappa shape index (κ1) is 21.7. The van der Waals surface area contributed by atoms with Crippen LogP contribution in [0, 0.1) is 0 Å². The average Bonchev–Trinajstić information content (AvgIpc) is 3.53. The summed E-state index contributed by atoms with van der Waals surface area (Å²) in [5, 5.41) is 8.26. The van der Waals surface area contributed by atoms with E-state index in [9.17, 15) is 13.2 Å². The Balaban J connectivity index is 1.35. The number of ether oxygens (including phenoxy) is 2. The number of hydrogen-bond donors (Lipinski definition) is 0. The van der Waals surface area contributed by atoms with Crippen LogP contribution in [0.2, 0.25) is 0 Å². The number of likely N-dealkylation sites (tertiary alicyclic amines) is 1. The molecule has 11 heteroatoms. The zero-order valence-electron chi connectivity index (χ0n) is 18.4. The second kappa shape index (κ2) is 8.05. The molecule has 3 aliphatic rings. The van der Waals surface area contributed by atoms with E-state index in [4.69, 9.17) is 9.47 Å². The van der Waals surface area contributed by atoms with E-state index in [1.165, 1.54) is 4.31 Å². The molecule has 0 N–H and O–H groups in total. The number of amides is 1. The molecule has 3 aliphatic heterocycles. The summed E-state index contributed by atoms with van der Waals surface area (Å²) in [5.41, 5.74) is 1.31. The Morgan fingerprint density at radius 3 is 2.56 bits per heavy atom. The molecule has 32 heavy (non-hydrogen) atoms. The van der Waals surface area contributed by atoms with Gasteiger partial charge in [0.05, 0.1) is 23.6 Å². The lowest BCUT2D eigenvalue weighted by Gasteiger charge is -2.39. The highest BCUT2D eigenvalue weighted by Gasteiger charge is 2.45. The van der Waals surface area contributed by atoms with Gasteiger partial charge in [-0.3, -0.25) is 4.79 Å². The molecule has 1 atom stereocenters. The summed E-state index contributed by atoms with van der Waals surface area (Å²) in [7, 11) is -3.84. The fourth-order valence-corrected chi connectivity index (χ4v) is 6.61. The van der Waals surface area contributed by atoms with E-state index >= 15 is 0 Å². The van der Waals surface area contributed by atoms with Gasteiger partial charge >= 0.3 is 0 Å². The minimum atomic E-state index is -3.84. The summed E-state index contributed by atoms with van der Waals surface area (Å²) in [6, 6.07) is 4.31. The summed E-state index contributed by atoms with van der Waals surface area (Å²) < 4.78 is 41.6. The summed E-state index contributed by atoms with van der Waals surface area (Å²) in [4.78, 5) is 15.2. The van der Waals surface area contributed by atoms with Gasteiger partial charge in [0.15, 0.2) is 5.79 Å². The van der Waals surface area contributed by atoms with E-state index < -0.39 is 21.9 Å². The molecule has 0 radical (unpaired) electrons. The van der Waals surface area contributed by atoms with Gasteiger partial charge in [0.1, 0.15) is 11.6 Å². The number of fused-ring (bicyclic) bond motifs is 1. The van der Waals surface area contributed by atoms with Crippen LogP contribution in [0.5, 0.6) is 0 Å². The zero-order valence-corrected chi connectivity index (χ0v) is 19.3. The average molecular weight is 464 g/mol. The van der Waals surface area contributed by atoms with E-state index in [0.29, 0.717) is 64.0 Å². The summed E-state index contributed by atoms with van der Waals surface area (Å²) in [5.74, 6) is -0.702. The van der Waals surface area contributed by atoms with Crippen LogP contribution in [0.25, 0.3) is 11.0 Å². The topological polar surface area (TPSA) is 107 Å². The monoisotopic (exact) mass is 463 g/mol. The lowest BCUT2D eigenvalue weighted by molar-refractivity contribution is -0.188. The van der Waals surface area contributed by atoms with Gasteiger partial charge in [-0.1, -0.05) is 5.21 Å². The molecule has 1 amide bonds. The summed E-state index contributed by atoms with van der Waals surface area (Å²) in [6.45, 7) is 6.50. The largest absolute Gasteiger partial charge is 0.347 e.